The Morgan fingerprint density at radius 1 is 1.09 bits per heavy atom. The third-order valence-corrected chi connectivity index (χ3v) is 3.20. The van der Waals surface area contributed by atoms with Crippen molar-refractivity contribution in [1.29, 1.82) is 0 Å². The summed E-state index contributed by atoms with van der Waals surface area (Å²) in [6, 6.07) is 5.83. The Bertz CT molecular complexity index is 830. The molecule has 0 aliphatic rings. The van der Waals surface area contributed by atoms with Crippen molar-refractivity contribution >= 4 is 16.8 Å². The summed E-state index contributed by atoms with van der Waals surface area (Å²) < 4.78 is 0. The first-order chi connectivity index (χ1) is 10.6. The maximum atomic E-state index is 12.1. The van der Waals surface area contributed by atoms with Gasteiger partial charge in [-0.05, 0) is 26.0 Å². The smallest absolute Gasteiger partial charge is 0.289 e. The fourth-order valence-electron chi connectivity index (χ4n) is 2.02. The molecule has 3 aromatic rings. The maximum absolute atomic E-state index is 12.1. The second-order valence-corrected chi connectivity index (χ2v) is 5.09. The van der Waals surface area contributed by atoms with Crippen molar-refractivity contribution in [3.63, 3.8) is 0 Å². The second-order valence-electron chi connectivity index (χ2n) is 5.09. The summed E-state index contributed by atoms with van der Waals surface area (Å²) >= 11 is 0. The quantitative estimate of drug-likeness (QED) is 0.798. The molecule has 1 amide bonds. The van der Waals surface area contributed by atoms with E-state index in [0.29, 0.717) is 12.2 Å². The van der Waals surface area contributed by atoms with Crippen LogP contribution in [0.5, 0.6) is 0 Å². The molecule has 0 spiro atoms. The average molecular weight is 293 g/mol. The van der Waals surface area contributed by atoms with Gasteiger partial charge in [-0.3, -0.25) is 14.8 Å². The SMILES string of the molecule is Cc1ccc2nc(C(=O)NCc3cnc(C)cn3)ncc2c1. The van der Waals surface area contributed by atoms with E-state index in [4.69, 9.17) is 0 Å². The summed E-state index contributed by atoms with van der Waals surface area (Å²) in [6.07, 6.45) is 4.96. The number of hydrogen-bond acceptors (Lipinski definition) is 5. The number of benzene rings is 1. The molecule has 0 fully saturated rings. The molecule has 0 bridgehead atoms. The molecular formula is C16H15N5O. The Morgan fingerprint density at radius 3 is 2.73 bits per heavy atom. The van der Waals surface area contributed by atoms with Crippen LogP contribution in [0.3, 0.4) is 0 Å². The molecule has 0 aliphatic heterocycles. The van der Waals surface area contributed by atoms with Crippen molar-refractivity contribution in [2.45, 2.75) is 20.4 Å². The molecule has 0 saturated heterocycles. The van der Waals surface area contributed by atoms with Crippen molar-refractivity contribution in [2.24, 2.45) is 0 Å². The molecule has 1 aromatic carbocycles. The lowest BCUT2D eigenvalue weighted by atomic mass is 10.2. The van der Waals surface area contributed by atoms with Gasteiger partial charge in [-0.15, -0.1) is 0 Å². The molecule has 0 radical (unpaired) electrons. The highest BCUT2D eigenvalue weighted by Gasteiger charge is 2.10. The number of aromatic nitrogens is 4. The topological polar surface area (TPSA) is 80.7 Å². The van der Waals surface area contributed by atoms with Crippen molar-refractivity contribution in [1.82, 2.24) is 25.3 Å². The molecule has 0 saturated carbocycles. The van der Waals surface area contributed by atoms with Gasteiger partial charge in [-0.25, -0.2) is 9.97 Å². The van der Waals surface area contributed by atoms with Crippen LogP contribution in [0.4, 0.5) is 0 Å². The van der Waals surface area contributed by atoms with Crippen molar-refractivity contribution in [2.75, 3.05) is 0 Å². The zero-order valence-electron chi connectivity index (χ0n) is 12.4. The Balaban J connectivity index is 1.74. The second kappa shape index (κ2) is 5.85. The van der Waals surface area contributed by atoms with Crippen LogP contribution in [-0.2, 0) is 6.54 Å². The molecule has 0 atom stereocenters. The molecule has 0 aliphatic carbocycles. The Hall–Kier alpha value is -2.89. The molecular weight excluding hydrogens is 278 g/mol. The number of carbonyl (C=O) groups is 1. The first-order valence-electron chi connectivity index (χ1n) is 6.91. The number of carbonyl (C=O) groups excluding carboxylic acids is 1. The molecule has 1 N–H and O–H groups in total. The number of hydrogen-bond donors (Lipinski definition) is 1. The van der Waals surface area contributed by atoms with Crippen molar-refractivity contribution < 1.29 is 4.79 Å². The van der Waals surface area contributed by atoms with Gasteiger partial charge in [0.2, 0.25) is 5.82 Å². The van der Waals surface area contributed by atoms with Gasteiger partial charge in [0.25, 0.3) is 5.91 Å². The predicted octanol–water partition coefficient (Wildman–Crippen LogP) is 1.97. The predicted molar refractivity (Wildman–Crippen MR) is 82.2 cm³/mol. The molecule has 3 rings (SSSR count). The molecule has 6 nitrogen and oxygen atoms in total. The molecule has 2 heterocycles. The van der Waals surface area contributed by atoms with Crippen LogP contribution in [0.25, 0.3) is 10.9 Å². The summed E-state index contributed by atoms with van der Waals surface area (Å²) in [5, 5.41) is 3.66. The normalized spacial score (nSPS) is 10.6. The van der Waals surface area contributed by atoms with Gasteiger partial charge >= 0.3 is 0 Å². The van der Waals surface area contributed by atoms with Gasteiger partial charge in [-0.2, -0.15) is 0 Å². The third kappa shape index (κ3) is 3.06. The number of aryl methyl sites for hydroxylation is 2. The first-order valence-corrected chi connectivity index (χ1v) is 6.91. The van der Waals surface area contributed by atoms with E-state index in [1.807, 2.05) is 32.0 Å². The zero-order valence-corrected chi connectivity index (χ0v) is 12.4. The summed E-state index contributed by atoms with van der Waals surface area (Å²) in [4.78, 5) is 28.8. The number of nitrogens with zero attached hydrogens (tertiary/aromatic N) is 4. The van der Waals surface area contributed by atoms with Gasteiger partial charge in [0, 0.05) is 17.8 Å². The van der Waals surface area contributed by atoms with E-state index in [-0.39, 0.29) is 11.7 Å². The highest BCUT2D eigenvalue weighted by molar-refractivity contribution is 5.92. The fraction of sp³-hybridized carbons (Fsp3) is 0.188. The molecule has 0 unspecified atom stereocenters. The molecule has 110 valence electrons. The maximum Gasteiger partial charge on any atom is 0.289 e. The van der Waals surface area contributed by atoms with Crippen LogP contribution in [0.15, 0.2) is 36.8 Å². The number of nitrogens with one attached hydrogen (secondary N) is 1. The Kier molecular flexibility index (Phi) is 3.74. The Labute approximate surface area is 127 Å². The summed E-state index contributed by atoms with van der Waals surface area (Å²) in [5.74, 6) is -0.179. The fourth-order valence-corrected chi connectivity index (χ4v) is 2.02. The summed E-state index contributed by atoms with van der Waals surface area (Å²) in [5.41, 5.74) is 3.41. The number of amides is 1. The monoisotopic (exact) mass is 293 g/mol. The minimum Gasteiger partial charge on any atom is -0.344 e. The molecule has 2 aromatic heterocycles. The van der Waals surface area contributed by atoms with E-state index in [1.165, 1.54) is 0 Å². The van der Waals surface area contributed by atoms with Gasteiger partial charge in [0.05, 0.1) is 29.6 Å². The van der Waals surface area contributed by atoms with E-state index < -0.39 is 0 Å². The van der Waals surface area contributed by atoms with Crippen LogP contribution < -0.4 is 5.32 Å². The zero-order chi connectivity index (χ0) is 15.5. The summed E-state index contributed by atoms with van der Waals surface area (Å²) in [7, 11) is 0. The summed E-state index contributed by atoms with van der Waals surface area (Å²) in [6.45, 7) is 4.16. The van der Waals surface area contributed by atoms with Crippen LogP contribution in [0.1, 0.15) is 27.6 Å². The van der Waals surface area contributed by atoms with Gasteiger partial charge in [0.15, 0.2) is 0 Å². The van der Waals surface area contributed by atoms with E-state index >= 15 is 0 Å². The van der Waals surface area contributed by atoms with Crippen molar-refractivity contribution in [3.05, 3.63) is 59.6 Å². The third-order valence-electron chi connectivity index (χ3n) is 3.20. The number of fused-ring (bicyclic) bond motifs is 1. The van der Waals surface area contributed by atoms with E-state index in [1.54, 1.807) is 18.6 Å². The van der Waals surface area contributed by atoms with Crippen molar-refractivity contribution in [3.8, 4) is 0 Å². The lowest BCUT2D eigenvalue weighted by Gasteiger charge is -2.05. The standard InChI is InChI=1S/C16H15N5O/c1-10-3-4-14-12(5-10)7-19-15(21-14)16(22)20-9-13-8-17-11(2)6-18-13/h3-8H,9H2,1-2H3,(H,20,22). The van der Waals surface area contributed by atoms with Crippen LogP contribution in [0.2, 0.25) is 0 Å². The van der Waals surface area contributed by atoms with E-state index in [9.17, 15) is 4.79 Å². The van der Waals surface area contributed by atoms with Crippen LogP contribution >= 0.6 is 0 Å². The first kappa shape index (κ1) is 14.1. The van der Waals surface area contributed by atoms with Crippen LogP contribution in [0, 0.1) is 13.8 Å². The molecule has 22 heavy (non-hydrogen) atoms. The highest BCUT2D eigenvalue weighted by Crippen LogP contribution is 2.12. The van der Waals surface area contributed by atoms with Gasteiger partial charge in [-0.1, -0.05) is 11.6 Å². The lowest BCUT2D eigenvalue weighted by Crippen LogP contribution is -2.25. The average Bonchev–Trinajstić information content (AvgIpc) is 2.53. The minimum absolute atomic E-state index is 0.149. The highest BCUT2D eigenvalue weighted by atomic mass is 16.2. The Morgan fingerprint density at radius 2 is 1.95 bits per heavy atom. The van der Waals surface area contributed by atoms with E-state index in [2.05, 4.69) is 25.3 Å². The van der Waals surface area contributed by atoms with Crippen LogP contribution in [-0.4, -0.2) is 25.8 Å². The molecule has 6 heteroatoms. The minimum atomic E-state index is -0.329. The lowest BCUT2D eigenvalue weighted by molar-refractivity contribution is 0.0940. The number of rotatable bonds is 3. The van der Waals surface area contributed by atoms with Gasteiger partial charge < -0.3 is 5.32 Å². The van der Waals surface area contributed by atoms with E-state index in [0.717, 1.165) is 22.2 Å². The van der Waals surface area contributed by atoms with Gasteiger partial charge in [0.1, 0.15) is 0 Å². The largest absolute Gasteiger partial charge is 0.344 e.